The second kappa shape index (κ2) is 8.46. The van der Waals surface area contributed by atoms with Gasteiger partial charge in [0.15, 0.2) is 5.13 Å². The average molecular weight is 452 g/mol. The normalized spacial score (nSPS) is 12.2. The second-order valence-corrected chi connectivity index (χ2v) is 8.47. The summed E-state index contributed by atoms with van der Waals surface area (Å²) in [6, 6.07) is 4.62. The summed E-state index contributed by atoms with van der Waals surface area (Å²) in [6.07, 6.45) is 2.58. The summed E-state index contributed by atoms with van der Waals surface area (Å²) in [5.74, 6) is -0.714. The summed E-state index contributed by atoms with van der Waals surface area (Å²) in [4.78, 5) is 26.7. The molecule has 1 aromatic carbocycles. The standard InChI is InChI=1S/C16H16N6O6S2/c1-10(21-9-13(22(24)25)15(19-21)28-2)14(23)18-11-3-5-12(6-4-11)30(26,27)20-16-17-7-8-29-16/h3-10H,1-2H3,(H,17,20)(H,18,23). The molecule has 158 valence electrons. The van der Waals surface area contributed by atoms with Gasteiger partial charge >= 0.3 is 11.6 Å². The smallest absolute Gasteiger partial charge is 0.350 e. The minimum atomic E-state index is -3.81. The molecule has 2 aromatic heterocycles. The summed E-state index contributed by atoms with van der Waals surface area (Å²) >= 11 is 1.15. The molecule has 0 aliphatic heterocycles. The van der Waals surface area contributed by atoms with E-state index in [1.165, 1.54) is 44.5 Å². The van der Waals surface area contributed by atoms with Crippen LogP contribution in [0.15, 0.2) is 46.9 Å². The van der Waals surface area contributed by atoms with Crippen LogP contribution in [0.3, 0.4) is 0 Å². The zero-order valence-corrected chi connectivity index (χ0v) is 17.3. The topological polar surface area (TPSA) is 158 Å². The molecular formula is C16H16N6O6S2. The molecule has 3 rings (SSSR count). The highest BCUT2D eigenvalue weighted by Gasteiger charge is 2.25. The van der Waals surface area contributed by atoms with Crippen LogP contribution in [0.5, 0.6) is 5.88 Å². The van der Waals surface area contributed by atoms with Crippen molar-refractivity contribution < 1.29 is 22.9 Å². The van der Waals surface area contributed by atoms with E-state index in [-0.39, 0.29) is 21.6 Å². The SMILES string of the molecule is COc1nn(C(C)C(=O)Nc2ccc(S(=O)(=O)Nc3nccs3)cc2)cc1[N+](=O)[O-]. The van der Waals surface area contributed by atoms with Gasteiger partial charge in [-0.05, 0) is 31.2 Å². The Balaban J connectivity index is 1.70. The molecule has 0 aliphatic carbocycles. The van der Waals surface area contributed by atoms with Gasteiger partial charge in [-0.3, -0.25) is 19.6 Å². The number of rotatable bonds is 8. The number of amides is 1. The maximum absolute atomic E-state index is 12.5. The first-order valence-corrected chi connectivity index (χ1v) is 10.7. The van der Waals surface area contributed by atoms with Crippen LogP contribution in [0.1, 0.15) is 13.0 Å². The molecule has 0 saturated heterocycles. The second-order valence-electron chi connectivity index (χ2n) is 5.89. The van der Waals surface area contributed by atoms with Crippen LogP contribution in [-0.4, -0.2) is 41.1 Å². The van der Waals surface area contributed by atoms with Crippen molar-refractivity contribution in [2.24, 2.45) is 0 Å². The summed E-state index contributed by atoms with van der Waals surface area (Å²) in [5.41, 5.74) is -0.0203. The van der Waals surface area contributed by atoms with Crippen molar-refractivity contribution in [2.75, 3.05) is 17.1 Å². The molecule has 1 unspecified atom stereocenters. The summed E-state index contributed by atoms with van der Waals surface area (Å²) in [6.45, 7) is 1.50. The Hall–Kier alpha value is -3.52. The molecule has 0 radical (unpaired) electrons. The zero-order valence-electron chi connectivity index (χ0n) is 15.7. The van der Waals surface area contributed by atoms with Gasteiger partial charge in [-0.2, -0.15) is 0 Å². The van der Waals surface area contributed by atoms with Crippen molar-refractivity contribution >= 4 is 43.8 Å². The summed E-state index contributed by atoms with van der Waals surface area (Å²) < 4.78 is 33.0. The molecule has 0 saturated carbocycles. The Morgan fingerprint density at radius 2 is 2.03 bits per heavy atom. The van der Waals surface area contributed by atoms with Gasteiger partial charge in [0, 0.05) is 17.3 Å². The van der Waals surface area contributed by atoms with E-state index in [0.717, 1.165) is 22.2 Å². The van der Waals surface area contributed by atoms with Crippen molar-refractivity contribution in [3.8, 4) is 5.88 Å². The first-order chi connectivity index (χ1) is 14.2. The molecule has 1 atom stereocenters. The van der Waals surface area contributed by atoms with E-state index in [9.17, 15) is 23.3 Å². The van der Waals surface area contributed by atoms with Gasteiger partial charge in [0.25, 0.3) is 10.0 Å². The van der Waals surface area contributed by atoms with Crippen LogP contribution in [0.4, 0.5) is 16.5 Å². The number of methoxy groups -OCH3 is 1. The lowest BCUT2D eigenvalue weighted by molar-refractivity contribution is -0.385. The molecule has 14 heteroatoms. The van der Waals surface area contributed by atoms with Gasteiger partial charge < -0.3 is 10.1 Å². The molecular weight excluding hydrogens is 436 g/mol. The van der Waals surface area contributed by atoms with E-state index in [0.29, 0.717) is 5.69 Å². The van der Waals surface area contributed by atoms with E-state index >= 15 is 0 Å². The zero-order chi connectivity index (χ0) is 21.9. The highest BCUT2D eigenvalue weighted by molar-refractivity contribution is 7.93. The number of nitrogens with zero attached hydrogens (tertiary/aromatic N) is 4. The number of anilines is 2. The fraction of sp³-hybridized carbons (Fsp3) is 0.188. The van der Waals surface area contributed by atoms with Gasteiger partial charge in [0.05, 0.1) is 16.9 Å². The first-order valence-electron chi connectivity index (χ1n) is 8.32. The van der Waals surface area contributed by atoms with Crippen LogP contribution in [0.25, 0.3) is 0 Å². The number of nitrogens with one attached hydrogen (secondary N) is 2. The molecule has 1 amide bonds. The fourth-order valence-electron chi connectivity index (χ4n) is 2.37. The Morgan fingerprint density at radius 1 is 1.33 bits per heavy atom. The van der Waals surface area contributed by atoms with E-state index < -0.39 is 26.9 Å². The van der Waals surface area contributed by atoms with Gasteiger partial charge in [0.1, 0.15) is 12.2 Å². The molecule has 2 heterocycles. The van der Waals surface area contributed by atoms with Crippen LogP contribution < -0.4 is 14.8 Å². The molecule has 30 heavy (non-hydrogen) atoms. The van der Waals surface area contributed by atoms with Gasteiger partial charge in [-0.1, -0.05) is 0 Å². The third-order valence-corrected chi connectivity index (χ3v) is 6.11. The first kappa shape index (κ1) is 21.2. The monoisotopic (exact) mass is 452 g/mol. The third-order valence-electron chi connectivity index (χ3n) is 3.93. The third kappa shape index (κ3) is 4.55. The number of benzene rings is 1. The largest absolute Gasteiger partial charge is 0.475 e. The summed E-state index contributed by atoms with van der Waals surface area (Å²) in [7, 11) is -2.57. The van der Waals surface area contributed by atoms with E-state index in [4.69, 9.17) is 4.74 Å². The van der Waals surface area contributed by atoms with Gasteiger partial charge in [-0.25, -0.2) is 18.1 Å². The minimum Gasteiger partial charge on any atom is -0.475 e. The molecule has 12 nitrogen and oxygen atoms in total. The Bertz CT molecular complexity index is 1160. The molecule has 0 bridgehead atoms. The quantitative estimate of drug-likeness (QED) is 0.389. The molecule has 0 aliphatic rings. The molecule has 0 fully saturated rings. The van der Waals surface area contributed by atoms with Crippen molar-refractivity contribution in [1.82, 2.24) is 14.8 Å². The molecule has 0 spiro atoms. The Kier molecular flexibility index (Phi) is 5.98. The lowest BCUT2D eigenvalue weighted by Crippen LogP contribution is -2.24. The highest BCUT2D eigenvalue weighted by Crippen LogP contribution is 2.26. The number of sulfonamides is 1. The van der Waals surface area contributed by atoms with E-state index in [1.807, 2.05) is 0 Å². The lowest BCUT2D eigenvalue weighted by Gasteiger charge is -2.12. The van der Waals surface area contributed by atoms with Crippen LogP contribution in [0, 0.1) is 10.1 Å². The maximum atomic E-state index is 12.5. The van der Waals surface area contributed by atoms with Crippen LogP contribution >= 0.6 is 11.3 Å². The van der Waals surface area contributed by atoms with Gasteiger partial charge in [0.2, 0.25) is 5.91 Å². The number of nitro groups is 1. The number of hydrogen-bond donors (Lipinski definition) is 2. The maximum Gasteiger partial charge on any atom is 0.350 e. The fourth-order valence-corrected chi connectivity index (χ4v) is 4.16. The van der Waals surface area contributed by atoms with Crippen LogP contribution in [-0.2, 0) is 14.8 Å². The predicted octanol–water partition coefficient (Wildman–Crippen LogP) is 2.26. The molecule has 2 N–H and O–H groups in total. The number of carbonyl (C=O) groups excluding carboxylic acids is 1. The lowest BCUT2D eigenvalue weighted by atomic mass is 10.2. The minimum absolute atomic E-state index is 0.00353. The Morgan fingerprint density at radius 3 is 2.57 bits per heavy atom. The van der Waals surface area contributed by atoms with E-state index in [1.54, 1.807) is 5.38 Å². The van der Waals surface area contributed by atoms with Crippen molar-refractivity contribution in [3.05, 3.63) is 52.2 Å². The molecule has 3 aromatic rings. The highest BCUT2D eigenvalue weighted by atomic mass is 32.2. The number of aromatic nitrogens is 3. The van der Waals surface area contributed by atoms with E-state index in [2.05, 4.69) is 20.1 Å². The Labute approximate surface area is 174 Å². The van der Waals surface area contributed by atoms with Crippen molar-refractivity contribution in [1.29, 1.82) is 0 Å². The van der Waals surface area contributed by atoms with Crippen LogP contribution in [0.2, 0.25) is 0 Å². The average Bonchev–Trinajstić information content (AvgIpc) is 3.37. The number of carbonyl (C=O) groups is 1. The number of ether oxygens (including phenoxy) is 1. The number of hydrogen-bond acceptors (Lipinski definition) is 9. The summed E-state index contributed by atoms with van der Waals surface area (Å²) in [5, 5.41) is 19.4. The van der Waals surface area contributed by atoms with Crippen molar-refractivity contribution in [2.45, 2.75) is 17.9 Å². The van der Waals surface area contributed by atoms with Gasteiger partial charge in [-0.15, -0.1) is 16.4 Å². The number of thiazole rings is 1. The predicted molar refractivity (Wildman–Crippen MR) is 108 cm³/mol. The van der Waals surface area contributed by atoms with Crippen molar-refractivity contribution in [3.63, 3.8) is 0 Å².